The lowest BCUT2D eigenvalue weighted by Gasteiger charge is -2.16. The Morgan fingerprint density at radius 1 is 1.04 bits per heavy atom. The molecule has 0 N–H and O–H groups in total. The third-order valence-electron chi connectivity index (χ3n) is 4.62. The van der Waals surface area contributed by atoms with E-state index in [0.29, 0.717) is 12.0 Å². The van der Waals surface area contributed by atoms with E-state index in [1.54, 1.807) is 6.21 Å². The number of halogens is 2. The second-order valence-electron chi connectivity index (χ2n) is 6.40. The van der Waals surface area contributed by atoms with Crippen molar-refractivity contribution in [3.63, 3.8) is 0 Å². The van der Waals surface area contributed by atoms with Crippen LogP contribution in [0.4, 0.5) is 8.78 Å². The first-order chi connectivity index (χ1) is 12.7. The summed E-state index contributed by atoms with van der Waals surface area (Å²) < 4.78 is 34.3. The highest BCUT2D eigenvalue weighted by Crippen LogP contribution is 2.31. The summed E-state index contributed by atoms with van der Waals surface area (Å²) in [7, 11) is 0. The van der Waals surface area contributed by atoms with Gasteiger partial charge in [-0.1, -0.05) is 36.4 Å². The van der Waals surface area contributed by atoms with Crippen LogP contribution in [0.15, 0.2) is 64.1 Å². The Kier molecular flexibility index (Phi) is 4.61. The van der Waals surface area contributed by atoms with Crippen LogP contribution in [0, 0.1) is 17.6 Å². The highest BCUT2D eigenvalue weighted by Gasteiger charge is 2.28. The van der Waals surface area contributed by atoms with Gasteiger partial charge in [-0.2, -0.15) is 0 Å². The molecule has 2 aromatic carbocycles. The van der Waals surface area contributed by atoms with Gasteiger partial charge in [0.15, 0.2) is 17.7 Å². The lowest BCUT2D eigenvalue weighted by Crippen LogP contribution is -2.14. The second-order valence-corrected chi connectivity index (χ2v) is 6.40. The van der Waals surface area contributed by atoms with E-state index >= 15 is 0 Å². The van der Waals surface area contributed by atoms with Crippen LogP contribution in [0.3, 0.4) is 0 Å². The number of fused-ring (bicyclic) bond motifs is 1. The van der Waals surface area contributed by atoms with Crippen LogP contribution >= 0.6 is 0 Å². The molecule has 0 spiro atoms. The molecule has 0 aliphatic carbocycles. The van der Waals surface area contributed by atoms with Crippen LogP contribution in [0.2, 0.25) is 0 Å². The topological polar surface area (TPSA) is 34.0 Å². The minimum Gasteiger partial charge on any atom is -0.486 e. The molecule has 0 saturated carbocycles. The number of hydrogen-bond donors (Lipinski definition) is 0. The van der Waals surface area contributed by atoms with E-state index in [1.165, 1.54) is 6.07 Å². The van der Waals surface area contributed by atoms with Gasteiger partial charge in [-0.3, -0.25) is 9.98 Å². The minimum absolute atomic E-state index is 0.0394. The van der Waals surface area contributed by atoms with Crippen LogP contribution < -0.4 is 4.74 Å². The zero-order chi connectivity index (χ0) is 17.9. The van der Waals surface area contributed by atoms with Crippen molar-refractivity contribution in [2.24, 2.45) is 15.9 Å². The van der Waals surface area contributed by atoms with Crippen molar-refractivity contribution < 1.29 is 13.5 Å². The maximum atomic E-state index is 14.5. The zero-order valence-electron chi connectivity index (χ0n) is 14.1. The highest BCUT2D eigenvalue weighted by atomic mass is 19.1. The molecule has 0 fully saturated rings. The zero-order valence-corrected chi connectivity index (χ0v) is 14.1. The van der Waals surface area contributed by atoms with E-state index in [2.05, 4.69) is 16.1 Å². The van der Waals surface area contributed by atoms with Gasteiger partial charge < -0.3 is 4.74 Å². The SMILES string of the molecule is Fc1cc(OCc2ccccc2)c(F)cc1CC1C=NC2N=CCC=C12. The third kappa shape index (κ3) is 3.43. The van der Waals surface area contributed by atoms with Crippen molar-refractivity contribution in [3.05, 3.63) is 76.9 Å². The lowest BCUT2D eigenvalue weighted by molar-refractivity contribution is 0.288. The van der Waals surface area contributed by atoms with Crippen molar-refractivity contribution >= 4 is 12.4 Å². The largest absolute Gasteiger partial charge is 0.486 e. The number of dihydropyridines is 1. The van der Waals surface area contributed by atoms with Gasteiger partial charge in [0.1, 0.15) is 12.4 Å². The molecule has 0 saturated heterocycles. The number of allylic oxidation sites excluding steroid dienone is 1. The van der Waals surface area contributed by atoms with Crippen molar-refractivity contribution in [1.82, 2.24) is 0 Å². The van der Waals surface area contributed by atoms with Gasteiger partial charge in [-0.15, -0.1) is 0 Å². The van der Waals surface area contributed by atoms with E-state index in [4.69, 9.17) is 4.74 Å². The van der Waals surface area contributed by atoms with Crippen LogP contribution in [0.25, 0.3) is 0 Å². The van der Waals surface area contributed by atoms with Crippen LogP contribution in [0.5, 0.6) is 5.75 Å². The Labute approximate surface area is 150 Å². The standard InChI is InChI=1S/C21H18F2N2O/c22-18-11-20(26-13-14-5-2-1-3-6-14)19(23)10-15(18)9-16-12-25-21-17(16)7-4-8-24-21/h1-3,5-8,10-12,16,21H,4,9,13H2. The predicted octanol–water partition coefficient (Wildman–Crippen LogP) is 4.51. The maximum absolute atomic E-state index is 14.5. The fourth-order valence-electron chi connectivity index (χ4n) is 3.26. The summed E-state index contributed by atoms with van der Waals surface area (Å²) in [5.74, 6) is -1.14. The molecule has 0 amide bonds. The molecule has 2 heterocycles. The summed E-state index contributed by atoms with van der Waals surface area (Å²) >= 11 is 0. The van der Waals surface area contributed by atoms with Crippen molar-refractivity contribution in [1.29, 1.82) is 0 Å². The summed E-state index contributed by atoms with van der Waals surface area (Å²) in [4.78, 5) is 8.65. The average molecular weight is 352 g/mol. The Bertz CT molecular complexity index is 890. The fraction of sp³-hybridized carbons (Fsp3) is 0.238. The Hall–Kier alpha value is -2.82. The molecule has 5 heteroatoms. The molecule has 2 atom stereocenters. The molecule has 4 rings (SSSR count). The molecule has 2 unspecified atom stereocenters. The van der Waals surface area contributed by atoms with Gasteiger partial charge in [0.05, 0.1) is 0 Å². The molecular weight excluding hydrogens is 334 g/mol. The molecule has 3 nitrogen and oxygen atoms in total. The number of nitrogens with zero attached hydrogens (tertiary/aromatic N) is 2. The van der Waals surface area contributed by atoms with E-state index in [0.717, 1.165) is 23.6 Å². The maximum Gasteiger partial charge on any atom is 0.165 e. The molecular formula is C21H18F2N2O. The quantitative estimate of drug-likeness (QED) is 0.729. The third-order valence-corrected chi connectivity index (χ3v) is 4.62. The van der Waals surface area contributed by atoms with E-state index in [-0.39, 0.29) is 24.4 Å². The summed E-state index contributed by atoms with van der Waals surface area (Å²) in [6.45, 7) is 0.193. The van der Waals surface area contributed by atoms with E-state index in [9.17, 15) is 8.78 Å². The van der Waals surface area contributed by atoms with Gasteiger partial charge in [0.2, 0.25) is 0 Å². The van der Waals surface area contributed by atoms with Crippen LogP contribution in [-0.2, 0) is 13.0 Å². The summed E-state index contributed by atoms with van der Waals surface area (Å²) in [5.41, 5.74) is 2.29. The molecule has 2 aliphatic heterocycles. The molecule has 132 valence electrons. The Morgan fingerprint density at radius 2 is 1.88 bits per heavy atom. The summed E-state index contributed by atoms with van der Waals surface area (Å²) in [6, 6.07) is 11.7. The normalized spacial score (nSPS) is 20.8. The number of hydrogen-bond acceptors (Lipinski definition) is 3. The molecule has 0 radical (unpaired) electrons. The molecule has 0 bridgehead atoms. The lowest BCUT2D eigenvalue weighted by atomic mass is 9.91. The molecule has 2 aromatic rings. The van der Waals surface area contributed by atoms with Gasteiger partial charge in [-0.25, -0.2) is 8.78 Å². The van der Waals surface area contributed by atoms with Gasteiger partial charge >= 0.3 is 0 Å². The van der Waals surface area contributed by atoms with Crippen molar-refractivity contribution in [2.75, 3.05) is 0 Å². The Morgan fingerprint density at radius 3 is 2.73 bits per heavy atom. The minimum atomic E-state index is -0.556. The van der Waals surface area contributed by atoms with Crippen molar-refractivity contribution in [2.45, 2.75) is 25.6 Å². The first-order valence-corrected chi connectivity index (χ1v) is 8.60. The van der Waals surface area contributed by atoms with E-state index in [1.807, 2.05) is 36.5 Å². The second kappa shape index (κ2) is 7.20. The number of aliphatic imine (C=N–C) groups is 2. The van der Waals surface area contributed by atoms with Gasteiger partial charge in [0.25, 0.3) is 0 Å². The van der Waals surface area contributed by atoms with E-state index < -0.39 is 11.6 Å². The highest BCUT2D eigenvalue weighted by molar-refractivity contribution is 5.74. The first kappa shape index (κ1) is 16.6. The summed E-state index contributed by atoms with van der Waals surface area (Å²) in [6.07, 6.45) is 6.62. The summed E-state index contributed by atoms with van der Waals surface area (Å²) in [5, 5.41) is 0. The number of rotatable bonds is 5. The monoisotopic (exact) mass is 352 g/mol. The molecule has 0 aromatic heterocycles. The first-order valence-electron chi connectivity index (χ1n) is 8.60. The Balaban J connectivity index is 1.47. The van der Waals surface area contributed by atoms with Crippen LogP contribution in [-0.4, -0.2) is 18.6 Å². The van der Waals surface area contributed by atoms with Crippen LogP contribution in [0.1, 0.15) is 17.5 Å². The number of benzene rings is 2. The average Bonchev–Trinajstić information content (AvgIpc) is 3.07. The smallest absolute Gasteiger partial charge is 0.165 e. The number of ether oxygens (including phenoxy) is 1. The van der Waals surface area contributed by atoms with Gasteiger partial charge in [0, 0.05) is 30.8 Å². The van der Waals surface area contributed by atoms with Gasteiger partial charge in [-0.05, 0) is 29.2 Å². The molecule has 26 heavy (non-hydrogen) atoms. The molecule has 2 aliphatic rings. The fourth-order valence-corrected chi connectivity index (χ4v) is 3.26. The van der Waals surface area contributed by atoms with Crippen molar-refractivity contribution in [3.8, 4) is 5.75 Å². The predicted molar refractivity (Wildman–Crippen MR) is 97.8 cm³/mol.